The van der Waals surface area contributed by atoms with Gasteiger partial charge in [-0.15, -0.1) is 0 Å². The summed E-state index contributed by atoms with van der Waals surface area (Å²) in [5.41, 5.74) is 7.89. The number of amides is 1. The number of nitrogens with two attached hydrogens (primary N) is 1. The maximum atomic E-state index is 12.3. The van der Waals surface area contributed by atoms with Crippen molar-refractivity contribution in [3.63, 3.8) is 0 Å². The second-order valence-electron chi connectivity index (χ2n) is 5.31. The summed E-state index contributed by atoms with van der Waals surface area (Å²) in [6.45, 7) is 0. The molecule has 0 saturated carbocycles. The molecule has 1 amide bonds. The van der Waals surface area contributed by atoms with Gasteiger partial charge >= 0.3 is 0 Å². The maximum absolute atomic E-state index is 12.3. The van der Waals surface area contributed by atoms with Crippen LogP contribution in [0.2, 0.25) is 0 Å². The first kappa shape index (κ1) is 14.3. The monoisotopic (exact) mass is 290 g/mol. The number of hydrogen-bond acceptors (Lipinski definition) is 2. The molecule has 0 bridgehead atoms. The normalized spacial score (nSPS) is 12.0. The Kier molecular flexibility index (Phi) is 4.17. The van der Waals surface area contributed by atoms with E-state index in [9.17, 15) is 4.79 Å². The highest BCUT2D eigenvalue weighted by atomic mass is 16.2. The summed E-state index contributed by atoms with van der Waals surface area (Å²) in [7, 11) is 0. The molecule has 0 radical (unpaired) electrons. The lowest BCUT2D eigenvalue weighted by molar-refractivity contribution is -0.117. The van der Waals surface area contributed by atoms with Gasteiger partial charge in [0.25, 0.3) is 0 Å². The van der Waals surface area contributed by atoms with Gasteiger partial charge in [-0.3, -0.25) is 4.79 Å². The Morgan fingerprint density at radius 1 is 0.909 bits per heavy atom. The first-order chi connectivity index (χ1) is 10.7. The Morgan fingerprint density at radius 3 is 2.41 bits per heavy atom. The molecule has 3 nitrogen and oxygen atoms in total. The van der Waals surface area contributed by atoms with Gasteiger partial charge in [-0.25, -0.2) is 0 Å². The summed E-state index contributed by atoms with van der Waals surface area (Å²) in [5.74, 6) is -0.166. The Morgan fingerprint density at radius 2 is 1.59 bits per heavy atom. The van der Waals surface area contributed by atoms with Crippen LogP contribution in [0.4, 0.5) is 5.69 Å². The van der Waals surface area contributed by atoms with Crippen molar-refractivity contribution in [3.05, 3.63) is 78.4 Å². The van der Waals surface area contributed by atoms with Gasteiger partial charge in [-0.2, -0.15) is 0 Å². The fraction of sp³-hybridized carbons (Fsp3) is 0.105. The number of rotatable bonds is 4. The lowest BCUT2D eigenvalue weighted by Gasteiger charge is -2.14. The Balaban J connectivity index is 1.75. The lowest BCUT2D eigenvalue weighted by atomic mass is 10.1. The van der Waals surface area contributed by atoms with Crippen molar-refractivity contribution in [2.75, 3.05) is 5.32 Å². The Hall–Kier alpha value is -2.65. The molecule has 3 aromatic rings. The number of hydrogen-bond donors (Lipinski definition) is 2. The van der Waals surface area contributed by atoms with Crippen LogP contribution in [0.15, 0.2) is 72.8 Å². The van der Waals surface area contributed by atoms with Gasteiger partial charge in [0.2, 0.25) is 5.91 Å². The third kappa shape index (κ3) is 3.15. The molecule has 3 heteroatoms. The average Bonchev–Trinajstić information content (AvgIpc) is 2.56. The first-order valence-electron chi connectivity index (χ1n) is 7.32. The minimum Gasteiger partial charge on any atom is -0.324 e. The molecule has 0 aromatic heterocycles. The van der Waals surface area contributed by atoms with E-state index in [1.807, 2.05) is 72.8 Å². The zero-order valence-electron chi connectivity index (χ0n) is 12.2. The van der Waals surface area contributed by atoms with Gasteiger partial charge in [0.05, 0.1) is 6.04 Å². The predicted octanol–water partition coefficient (Wildman–Crippen LogP) is 3.35. The fourth-order valence-electron chi connectivity index (χ4n) is 2.52. The quantitative estimate of drug-likeness (QED) is 0.774. The van der Waals surface area contributed by atoms with E-state index in [0.717, 1.165) is 22.0 Å². The van der Waals surface area contributed by atoms with Crippen molar-refractivity contribution in [3.8, 4) is 0 Å². The number of fused-ring (bicyclic) bond motifs is 1. The molecule has 3 rings (SSSR count). The van der Waals surface area contributed by atoms with Crippen LogP contribution in [0, 0.1) is 0 Å². The molecular formula is C19H18N2O. The van der Waals surface area contributed by atoms with Gasteiger partial charge in [-0.1, -0.05) is 66.7 Å². The molecule has 0 spiro atoms. The van der Waals surface area contributed by atoms with Crippen molar-refractivity contribution >= 4 is 22.4 Å². The maximum Gasteiger partial charge on any atom is 0.241 e. The number of benzene rings is 3. The van der Waals surface area contributed by atoms with Gasteiger partial charge in [0.15, 0.2) is 0 Å². The number of carbonyl (C=O) groups is 1. The highest BCUT2D eigenvalue weighted by molar-refractivity contribution is 6.03. The molecule has 3 aromatic carbocycles. The van der Waals surface area contributed by atoms with E-state index in [1.54, 1.807) is 0 Å². The molecule has 0 saturated heterocycles. The molecule has 3 N–H and O–H groups in total. The number of anilines is 1. The van der Waals surface area contributed by atoms with E-state index >= 15 is 0 Å². The molecule has 0 aliphatic rings. The molecule has 1 atom stereocenters. The summed E-state index contributed by atoms with van der Waals surface area (Å²) >= 11 is 0. The highest BCUT2D eigenvalue weighted by Gasteiger charge is 2.15. The zero-order valence-corrected chi connectivity index (χ0v) is 12.2. The van der Waals surface area contributed by atoms with Gasteiger partial charge < -0.3 is 11.1 Å². The molecule has 0 fully saturated rings. The molecule has 0 aliphatic heterocycles. The lowest BCUT2D eigenvalue weighted by Crippen LogP contribution is -2.37. The minimum atomic E-state index is -0.568. The fourth-order valence-corrected chi connectivity index (χ4v) is 2.52. The second kappa shape index (κ2) is 6.41. The summed E-state index contributed by atoms with van der Waals surface area (Å²) in [4.78, 5) is 12.3. The smallest absolute Gasteiger partial charge is 0.241 e. The van der Waals surface area contributed by atoms with Crippen molar-refractivity contribution in [2.24, 2.45) is 5.73 Å². The van der Waals surface area contributed by atoms with Crippen LogP contribution in [-0.4, -0.2) is 11.9 Å². The Bertz CT molecular complexity index is 778. The van der Waals surface area contributed by atoms with Crippen molar-refractivity contribution in [2.45, 2.75) is 12.5 Å². The van der Waals surface area contributed by atoms with E-state index in [2.05, 4.69) is 5.32 Å². The first-order valence-corrected chi connectivity index (χ1v) is 7.32. The van der Waals surface area contributed by atoms with Crippen LogP contribution in [0.25, 0.3) is 10.8 Å². The third-order valence-electron chi connectivity index (χ3n) is 3.68. The van der Waals surface area contributed by atoms with Crippen molar-refractivity contribution < 1.29 is 4.79 Å². The van der Waals surface area contributed by atoms with E-state index in [-0.39, 0.29) is 5.91 Å². The van der Waals surface area contributed by atoms with E-state index in [4.69, 9.17) is 5.73 Å². The molecular weight excluding hydrogens is 272 g/mol. The topological polar surface area (TPSA) is 55.1 Å². The third-order valence-corrected chi connectivity index (χ3v) is 3.68. The number of carbonyl (C=O) groups excluding carboxylic acids is 1. The van der Waals surface area contributed by atoms with E-state index in [0.29, 0.717) is 6.42 Å². The molecule has 22 heavy (non-hydrogen) atoms. The summed E-state index contributed by atoms with van der Waals surface area (Å²) in [5, 5.41) is 5.05. The summed E-state index contributed by atoms with van der Waals surface area (Å²) in [6.07, 6.45) is 0.525. The van der Waals surface area contributed by atoms with Gasteiger partial charge in [0, 0.05) is 11.1 Å². The van der Waals surface area contributed by atoms with Crippen molar-refractivity contribution in [1.82, 2.24) is 0 Å². The summed E-state index contributed by atoms with van der Waals surface area (Å²) < 4.78 is 0. The van der Waals surface area contributed by atoms with Gasteiger partial charge in [-0.05, 0) is 23.4 Å². The van der Waals surface area contributed by atoms with Crippen molar-refractivity contribution in [1.29, 1.82) is 0 Å². The van der Waals surface area contributed by atoms with E-state index < -0.39 is 6.04 Å². The molecule has 0 aliphatic carbocycles. The van der Waals surface area contributed by atoms with Crippen LogP contribution >= 0.6 is 0 Å². The molecule has 110 valence electrons. The second-order valence-corrected chi connectivity index (χ2v) is 5.31. The van der Waals surface area contributed by atoms with Crippen LogP contribution < -0.4 is 11.1 Å². The highest BCUT2D eigenvalue weighted by Crippen LogP contribution is 2.23. The SMILES string of the molecule is N[C@@H](Cc1ccccc1)C(=O)Nc1cccc2ccccc12. The Labute approximate surface area is 129 Å². The average molecular weight is 290 g/mol. The molecule has 0 unspecified atom stereocenters. The largest absolute Gasteiger partial charge is 0.324 e. The predicted molar refractivity (Wildman–Crippen MR) is 90.7 cm³/mol. The van der Waals surface area contributed by atoms with Crippen LogP contribution in [-0.2, 0) is 11.2 Å². The standard InChI is InChI=1S/C19H18N2O/c20-17(13-14-7-2-1-3-8-14)19(22)21-18-12-6-10-15-9-4-5-11-16(15)18/h1-12,17H,13,20H2,(H,21,22)/t17-/m0/s1. The van der Waals surface area contributed by atoms with Gasteiger partial charge in [0.1, 0.15) is 0 Å². The number of nitrogens with one attached hydrogen (secondary N) is 1. The van der Waals surface area contributed by atoms with Crippen LogP contribution in [0.3, 0.4) is 0 Å². The van der Waals surface area contributed by atoms with Crippen LogP contribution in [0.1, 0.15) is 5.56 Å². The molecule has 0 heterocycles. The van der Waals surface area contributed by atoms with E-state index in [1.165, 1.54) is 0 Å². The minimum absolute atomic E-state index is 0.166. The zero-order chi connectivity index (χ0) is 15.4. The van der Waals surface area contributed by atoms with Crippen LogP contribution in [0.5, 0.6) is 0 Å². The summed E-state index contributed by atoms with van der Waals surface area (Å²) in [6, 6.07) is 23.0.